The number of rotatable bonds is 3. The third kappa shape index (κ3) is 2.93. The van der Waals surface area contributed by atoms with Gasteiger partial charge in [-0.1, -0.05) is 6.92 Å². The van der Waals surface area contributed by atoms with Crippen LogP contribution in [-0.2, 0) is 13.0 Å². The highest BCUT2D eigenvalue weighted by molar-refractivity contribution is 6.04. The van der Waals surface area contributed by atoms with Gasteiger partial charge in [0.2, 0.25) is 0 Å². The number of carbonyl (C=O) groups is 1. The molecule has 0 bridgehead atoms. The van der Waals surface area contributed by atoms with Crippen LogP contribution in [0, 0.1) is 0 Å². The minimum atomic E-state index is -1.01. The summed E-state index contributed by atoms with van der Waals surface area (Å²) in [5.41, 5.74) is 7.85. The highest BCUT2D eigenvalue weighted by atomic mass is 16.4. The molecule has 3 aromatic rings. The standard InChI is InChI=1S/C18H22N6O3/c1-2-12-22-14-15(13-11(21-16(14)19)4-3-7-20-13)24(12)10-18(27)5-8-23(9-6-18)17(25)26/h3-4,7,27H,2,5-6,8-10H2,1H3,(H2,19,21)(H,25,26). The quantitative estimate of drug-likeness (QED) is 0.638. The maximum absolute atomic E-state index is 11.1. The maximum atomic E-state index is 11.1. The first kappa shape index (κ1) is 17.5. The number of aromatic nitrogens is 4. The first-order valence-electron chi connectivity index (χ1n) is 9.01. The van der Waals surface area contributed by atoms with E-state index in [1.54, 1.807) is 12.3 Å². The largest absolute Gasteiger partial charge is 0.465 e. The van der Waals surface area contributed by atoms with Crippen molar-refractivity contribution in [1.29, 1.82) is 0 Å². The number of hydrogen-bond acceptors (Lipinski definition) is 6. The van der Waals surface area contributed by atoms with E-state index in [-0.39, 0.29) is 0 Å². The number of nitrogens with zero attached hydrogens (tertiary/aromatic N) is 5. The number of piperidine rings is 1. The zero-order valence-corrected chi connectivity index (χ0v) is 15.1. The van der Waals surface area contributed by atoms with E-state index in [0.717, 1.165) is 11.3 Å². The number of anilines is 1. The number of aliphatic hydroxyl groups is 1. The monoisotopic (exact) mass is 370 g/mol. The average molecular weight is 370 g/mol. The Labute approximate surface area is 155 Å². The lowest BCUT2D eigenvalue weighted by molar-refractivity contribution is -0.0293. The minimum absolute atomic E-state index is 0.308. The molecule has 1 fully saturated rings. The molecule has 1 aliphatic heterocycles. The Morgan fingerprint density at radius 3 is 2.70 bits per heavy atom. The molecule has 0 aromatic carbocycles. The first-order chi connectivity index (χ1) is 12.9. The fourth-order valence-electron chi connectivity index (χ4n) is 3.78. The van der Waals surface area contributed by atoms with Crippen molar-refractivity contribution < 1.29 is 15.0 Å². The van der Waals surface area contributed by atoms with Crippen molar-refractivity contribution in [3.63, 3.8) is 0 Å². The predicted molar refractivity (Wildman–Crippen MR) is 100 cm³/mol. The Kier molecular flexibility index (Phi) is 4.11. The molecule has 4 heterocycles. The summed E-state index contributed by atoms with van der Waals surface area (Å²) in [6.45, 7) is 2.93. The summed E-state index contributed by atoms with van der Waals surface area (Å²) < 4.78 is 1.97. The van der Waals surface area contributed by atoms with Crippen molar-refractivity contribution in [1.82, 2.24) is 24.4 Å². The molecule has 4 rings (SSSR count). The van der Waals surface area contributed by atoms with Gasteiger partial charge >= 0.3 is 6.09 Å². The third-order valence-electron chi connectivity index (χ3n) is 5.27. The van der Waals surface area contributed by atoms with Gasteiger partial charge in [-0.05, 0) is 25.0 Å². The van der Waals surface area contributed by atoms with Crippen LogP contribution in [0.5, 0.6) is 0 Å². The number of amides is 1. The van der Waals surface area contributed by atoms with Gasteiger partial charge in [0.15, 0.2) is 5.82 Å². The molecule has 142 valence electrons. The molecule has 4 N–H and O–H groups in total. The van der Waals surface area contributed by atoms with Crippen LogP contribution in [0.15, 0.2) is 18.3 Å². The van der Waals surface area contributed by atoms with Crippen LogP contribution in [0.4, 0.5) is 10.6 Å². The van der Waals surface area contributed by atoms with Crippen LogP contribution in [0.2, 0.25) is 0 Å². The molecule has 27 heavy (non-hydrogen) atoms. The Hall–Kier alpha value is -2.94. The van der Waals surface area contributed by atoms with Crippen molar-refractivity contribution >= 4 is 34.0 Å². The molecular weight excluding hydrogens is 348 g/mol. The Morgan fingerprint density at radius 2 is 2.04 bits per heavy atom. The summed E-state index contributed by atoms with van der Waals surface area (Å²) in [6, 6.07) is 3.65. The van der Waals surface area contributed by atoms with Crippen molar-refractivity contribution in [3.8, 4) is 0 Å². The number of hydrogen-bond donors (Lipinski definition) is 3. The van der Waals surface area contributed by atoms with Gasteiger partial charge in [-0.3, -0.25) is 4.98 Å². The number of likely N-dealkylation sites (tertiary alicyclic amines) is 1. The highest BCUT2D eigenvalue weighted by Crippen LogP contribution is 2.31. The Morgan fingerprint density at radius 1 is 1.30 bits per heavy atom. The van der Waals surface area contributed by atoms with Crippen LogP contribution < -0.4 is 5.73 Å². The summed E-state index contributed by atoms with van der Waals surface area (Å²) in [6.07, 6.45) is 2.15. The maximum Gasteiger partial charge on any atom is 0.407 e. The Balaban J connectivity index is 1.80. The van der Waals surface area contributed by atoms with Crippen molar-refractivity contribution in [2.75, 3.05) is 18.8 Å². The van der Waals surface area contributed by atoms with E-state index in [2.05, 4.69) is 15.0 Å². The van der Waals surface area contributed by atoms with E-state index in [9.17, 15) is 9.90 Å². The summed E-state index contributed by atoms with van der Waals surface area (Å²) in [7, 11) is 0. The SMILES string of the molecule is CCc1nc2c(N)nc3cccnc3c2n1CC1(O)CCN(C(=O)O)CC1. The normalized spacial score (nSPS) is 16.9. The summed E-state index contributed by atoms with van der Waals surface area (Å²) in [4.78, 5) is 26.0. The Bertz CT molecular complexity index is 1020. The molecule has 1 aliphatic rings. The van der Waals surface area contributed by atoms with Gasteiger partial charge in [-0.2, -0.15) is 0 Å². The molecule has 0 aliphatic carbocycles. The number of fused-ring (bicyclic) bond motifs is 3. The third-order valence-corrected chi connectivity index (χ3v) is 5.27. The molecule has 9 heteroatoms. The fraction of sp³-hybridized carbons (Fsp3) is 0.444. The zero-order valence-electron chi connectivity index (χ0n) is 15.1. The van der Waals surface area contributed by atoms with Gasteiger partial charge in [0, 0.05) is 25.7 Å². The lowest BCUT2D eigenvalue weighted by Crippen LogP contribution is -2.48. The lowest BCUT2D eigenvalue weighted by Gasteiger charge is -2.37. The van der Waals surface area contributed by atoms with Crippen LogP contribution in [0.3, 0.4) is 0 Å². The number of imidazole rings is 1. The van der Waals surface area contributed by atoms with Gasteiger partial charge in [-0.15, -0.1) is 0 Å². The van der Waals surface area contributed by atoms with E-state index in [1.165, 1.54) is 4.90 Å². The molecular formula is C18H22N6O3. The summed E-state index contributed by atoms with van der Waals surface area (Å²) in [5.74, 6) is 1.14. The van der Waals surface area contributed by atoms with E-state index in [4.69, 9.17) is 10.8 Å². The van der Waals surface area contributed by atoms with Gasteiger partial charge in [0.1, 0.15) is 22.4 Å². The van der Waals surface area contributed by atoms with E-state index >= 15 is 0 Å². The van der Waals surface area contributed by atoms with Crippen LogP contribution in [0.25, 0.3) is 22.1 Å². The van der Waals surface area contributed by atoms with Gasteiger partial charge in [0.25, 0.3) is 0 Å². The molecule has 0 atom stereocenters. The van der Waals surface area contributed by atoms with E-state index in [1.807, 2.05) is 17.6 Å². The highest BCUT2D eigenvalue weighted by Gasteiger charge is 2.35. The first-order valence-corrected chi connectivity index (χ1v) is 9.01. The van der Waals surface area contributed by atoms with Crippen LogP contribution >= 0.6 is 0 Å². The molecule has 1 amide bonds. The smallest absolute Gasteiger partial charge is 0.407 e. The summed E-state index contributed by atoms with van der Waals surface area (Å²) >= 11 is 0. The zero-order chi connectivity index (χ0) is 19.2. The topological polar surface area (TPSA) is 130 Å². The second-order valence-electron chi connectivity index (χ2n) is 7.03. The lowest BCUT2D eigenvalue weighted by atomic mass is 9.91. The predicted octanol–water partition coefficient (Wildman–Crippen LogP) is 1.63. The second kappa shape index (κ2) is 6.34. The van der Waals surface area contributed by atoms with Gasteiger partial charge < -0.3 is 25.4 Å². The van der Waals surface area contributed by atoms with Crippen molar-refractivity contribution in [2.45, 2.75) is 38.3 Å². The molecule has 0 radical (unpaired) electrons. The molecule has 0 saturated carbocycles. The molecule has 1 saturated heterocycles. The van der Waals surface area contributed by atoms with Crippen molar-refractivity contribution in [3.05, 3.63) is 24.2 Å². The minimum Gasteiger partial charge on any atom is -0.465 e. The number of nitrogens with two attached hydrogens (primary N) is 1. The van der Waals surface area contributed by atoms with Gasteiger partial charge in [0.05, 0.1) is 17.7 Å². The average Bonchev–Trinajstić information content (AvgIpc) is 3.01. The van der Waals surface area contributed by atoms with E-state index in [0.29, 0.717) is 61.3 Å². The van der Waals surface area contributed by atoms with Crippen LogP contribution in [0.1, 0.15) is 25.6 Å². The number of nitrogen functional groups attached to an aromatic ring is 1. The van der Waals surface area contributed by atoms with Gasteiger partial charge in [-0.25, -0.2) is 14.8 Å². The second-order valence-corrected chi connectivity index (χ2v) is 7.03. The number of aryl methyl sites for hydroxylation is 1. The molecule has 0 unspecified atom stereocenters. The summed E-state index contributed by atoms with van der Waals surface area (Å²) in [5, 5.41) is 20.3. The van der Waals surface area contributed by atoms with Crippen LogP contribution in [-0.4, -0.2) is 59.4 Å². The molecule has 0 spiro atoms. The fourth-order valence-corrected chi connectivity index (χ4v) is 3.78. The number of pyridine rings is 2. The van der Waals surface area contributed by atoms with E-state index < -0.39 is 11.7 Å². The number of carboxylic acid groups (broad SMARTS) is 1. The molecule has 9 nitrogen and oxygen atoms in total. The van der Waals surface area contributed by atoms with Crippen molar-refractivity contribution in [2.24, 2.45) is 0 Å². The molecule has 3 aromatic heterocycles.